The van der Waals surface area contributed by atoms with Crippen molar-refractivity contribution in [3.63, 3.8) is 0 Å². The molecule has 3 N–H and O–H groups in total. The number of urea groups is 1. The average molecular weight is 193 g/mol. The molecule has 5 nitrogen and oxygen atoms in total. The third-order valence-corrected chi connectivity index (χ3v) is 1.61. The Morgan fingerprint density at radius 2 is 2.00 bits per heavy atom. The molecule has 1 saturated heterocycles. The summed E-state index contributed by atoms with van der Waals surface area (Å²) in [6.45, 7) is -1.48. The predicted octanol–water partition coefficient (Wildman–Crippen LogP) is -0.868. The van der Waals surface area contributed by atoms with Gasteiger partial charge in [0.15, 0.2) is 0 Å². The molecule has 0 spiro atoms. The standard InChI is InChI=1S/C6H9F2N3O2/c7-6(8)2-11(3-6)4(12)1-10-5(9)13/h1-3H2,(H3,9,10,13). The zero-order valence-electron chi connectivity index (χ0n) is 6.72. The topological polar surface area (TPSA) is 75.4 Å². The Kier molecular flexibility index (Phi) is 2.35. The molecular weight excluding hydrogens is 184 g/mol. The Morgan fingerprint density at radius 1 is 1.46 bits per heavy atom. The number of hydrogen-bond donors (Lipinski definition) is 2. The minimum absolute atomic E-state index is 0.328. The van der Waals surface area contributed by atoms with Crippen LogP contribution in [0.15, 0.2) is 0 Å². The fourth-order valence-corrected chi connectivity index (χ4v) is 0.963. The fraction of sp³-hybridized carbons (Fsp3) is 0.667. The third-order valence-electron chi connectivity index (χ3n) is 1.61. The average Bonchev–Trinajstić information content (AvgIpc) is 1.95. The Morgan fingerprint density at radius 3 is 2.38 bits per heavy atom. The van der Waals surface area contributed by atoms with Crippen LogP contribution >= 0.6 is 0 Å². The van der Waals surface area contributed by atoms with Crippen molar-refractivity contribution < 1.29 is 18.4 Å². The van der Waals surface area contributed by atoms with Crippen molar-refractivity contribution in [3.8, 4) is 0 Å². The van der Waals surface area contributed by atoms with Crippen LogP contribution in [-0.4, -0.2) is 42.4 Å². The fourth-order valence-electron chi connectivity index (χ4n) is 0.963. The lowest BCUT2D eigenvalue weighted by atomic mass is 10.1. The maximum atomic E-state index is 12.2. The number of carbonyl (C=O) groups is 2. The number of hydrogen-bond acceptors (Lipinski definition) is 2. The maximum absolute atomic E-state index is 12.2. The number of nitrogens with two attached hydrogens (primary N) is 1. The van der Waals surface area contributed by atoms with Crippen LogP contribution in [0.3, 0.4) is 0 Å². The summed E-state index contributed by atoms with van der Waals surface area (Å²) in [6.07, 6.45) is 0. The van der Waals surface area contributed by atoms with E-state index in [4.69, 9.17) is 0 Å². The quantitative estimate of drug-likeness (QED) is 0.598. The molecule has 0 aromatic carbocycles. The van der Waals surface area contributed by atoms with Crippen molar-refractivity contribution >= 4 is 11.9 Å². The van der Waals surface area contributed by atoms with Gasteiger partial charge in [0.05, 0.1) is 19.6 Å². The molecule has 0 saturated carbocycles. The van der Waals surface area contributed by atoms with Gasteiger partial charge in [-0.3, -0.25) is 4.79 Å². The number of amides is 3. The van der Waals surface area contributed by atoms with Crippen LogP contribution in [0.5, 0.6) is 0 Å². The molecule has 0 unspecified atom stereocenters. The van der Waals surface area contributed by atoms with E-state index in [1.807, 2.05) is 5.32 Å². The predicted molar refractivity (Wildman–Crippen MR) is 39.1 cm³/mol. The molecule has 0 aromatic rings. The second kappa shape index (κ2) is 3.15. The van der Waals surface area contributed by atoms with Gasteiger partial charge in [0.1, 0.15) is 0 Å². The van der Waals surface area contributed by atoms with Crippen LogP contribution in [0.1, 0.15) is 0 Å². The first kappa shape index (κ1) is 9.69. The van der Waals surface area contributed by atoms with E-state index in [0.717, 1.165) is 4.90 Å². The highest BCUT2D eigenvalue weighted by Crippen LogP contribution is 2.26. The molecule has 0 atom stereocenters. The molecule has 1 heterocycles. The van der Waals surface area contributed by atoms with Gasteiger partial charge in [-0.25, -0.2) is 13.6 Å². The first-order valence-electron chi connectivity index (χ1n) is 3.60. The van der Waals surface area contributed by atoms with Gasteiger partial charge >= 0.3 is 6.03 Å². The van der Waals surface area contributed by atoms with Gasteiger partial charge in [0.2, 0.25) is 5.91 Å². The molecule has 13 heavy (non-hydrogen) atoms. The lowest BCUT2D eigenvalue weighted by Crippen LogP contribution is -2.60. The number of halogens is 2. The van der Waals surface area contributed by atoms with Crippen LogP contribution in [-0.2, 0) is 4.79 Å². The van der Waals surface area contributed by atoms with Gasteiger partial charge in [-0.1, -0.05) is 0 Å². The summed E-state index contributed by atoms with van der Waals surface area (Å²) >= 11 is 0. The molecule has 0 radical (unpaired) electrons. The van der Waals surface area contributed by atoms with E-state index in [1.165, 1.54) is 0 Å². The van der Waals surface area contributed by atoms with E-state index < -0.39 is 31.0 Å². The van der Waals surface area contributed by atoms with Crippen molar-refractivity contribution in [2.24, 2.45) is 5.73 Å². The Bertz CT molecular complexity index is 236. The molecule has 1 rings (SSSR count). The Labute approximate surface area is 72.9 Å². The van der Waals surface area contributed by atoms with Crippen molar-refractivity contribution in [2.75, 3.05) is 19.6 Å². The monoisotopic (exact) mass is 193 g/mol. The van der Waals surface area contributed by atoms with Crippen LogP contribution in [0.2, 0.25) is 0 Å². The Balaban J connectivity index is 2.23. The van der Waals surface area contributed by atoms with Gasteiger partial charge in [-0.05, 0) is 0 Å². The number of nitrogens with one attached hydrogen (secondary N) is 1. The molecule has 7 heteroatoms. The van der Waals surface area contributed by atoms with E-state index in [9.17, 15) is 18.4 Å². The lowest BCUT2D eigenvalue weighted by molar-refractivity contribution is -0.164. The SMILES string of the molecule is NC(=O)NCC(=O)N1CC(F)(F)C1. The number of primary amides is 1. The molecule has 1 fully saturated rings. The molecule has 74 valence electrons. The normalized spacial score (nSPS) is 19.1. The minimum atomic E-state index is -2.78. The lowest BCUT2D eigenvalue weighted by Gasteiger charge is -2.38. The third kappa shape index (κ3) is 2.53. The summed E-state index contributed by atoms with van der Waals surface area (Å²) in [5, 5.41) is 2.02. The summed E-state index contributed by atoms with van der Waals surface area (Å²) < 4.78 is 24.5. The molecule has 0 bridgehead atoms. The maximum Gasteiger partial charge on any atom is 0.312 e. The number of likely N-dealkylation sites (tertiary alicyclic amines) is 1. The molecule has 1 aliphatic rings. The van der Waals surface area contributed by atoms with Gasteiger partial charge < -0.3 is 16.0 Å². The van der Waals surface area contributed by atoms with Crippen LogP contribution in [0.4, 0.5) is 13.6 Å². The minimum Gasteiger partial charge on any atom is -0.352 e. The highest BCUT2D eigenvalue weighted by atomic mass is 19.3. The summed E-state index contributed by atoms with van der Waals surface area (Å²) in [7, 11) is 0. The summed E-state index contributed by atoms with van der Waals surface area (Å²) in [5.41, 5.74) is 4.68. The molecule has 0 aromatic heterocycles. The smallest absolute Gasteiger partial charge is 0.312 e. The highest BCUT2D eigenvalue weighted by molar-refractivity contribution is 5.83. The van der Waals surface area contributed by atoms with Crippen LogP contribution in [0.25, 0.3) is 0 Å². The number of rotatable bonds is 2. The second-order valence-corrected chi connectivity index (χ2v) is 2.82. The largest absolute Gasteiger partial charge is 0.352 e. The van der Waals surface area contributed by atoms with Crippen molar-refractivity contribution in [2.45, 2.75) is 5.92 Å². The molecule has 3 amide bonds. The van der Waals surface area contributed by atoms with Crippen LogP contribution in [0, 0.1) is 0 Å². The van der Waals surface area contributed by atoms with E-state index >= 15 is 0 Å². The summed E-state index contributed by atoms with van der Waals surface area (Å²) in [6, 6.07) is -0.847. The second-order valence-electron chi connectivity index (χ2n) is 2.82. The van der Waals surface area contributed by atoms with Crippen LogP contribution < -0.4 is 11.1 Å². The zero-order valence-corrected chi connectivity index (χ0v) is 6.72. The van der Waals surface area contributed by atoms with Crippen molar-refractivity contribution in [1.82, 2.24) is 10.2 Å². The van der Waals surface area contributed by atoms with E-state index in [1.54, 1.807) is 0 Å². The summed E-state index contributed by atoms with van der Waals surface area (Å²) in [5.74, 6) is -3.33. The number of carbonyl (C=O) groups excluding carboxylic acids is 2. The Hall–Kier alpha value is -1.40. The van der Waals surface area contributed by atoms with E-state index in [-0.39, 0.29) is 6.54 Å². The molecule has 0 aliphatic carbocycles. The van der Waals surface area contributed by atoms with Gasteiger partial charge in [-0.15, -0.1) is 0 Å². The van der Waals surface area contributed by atoms with E-state index in [0.29, 0.717) is 0 Å². The first-order valence-corrected chi connectivity index (χ1v) is 3.60. The van der Waals surface area contributed by atoms with Gasteiger partial charge in [0.25, 0.3) is 5.92 Å². The van der Waals surface area contributed by atoms with Gasteiger partial charge in [-0.2, -0.15) is 0 Å². The first-order chi connectivity index (χ1) is 5.91. The highest BCUT2D eigenvalue weighted by Gasteiger charge is 2.45. The molecule has 1 aliphatic heterocycles. The number of nitrogens with zero attached hydrogens (tertiary/aromatic N) is 1. The number of alkyl halides is 2. The molecular formula is C6H9F2N3O2. The van der Waals surface area contributed by atoms with E-state index in [2.05, 4.69) is 5.73 Å². The van der Waals surface area contributed by atoms with Crippen molar-refractivity contribution in [1.29, 1.82) is 0 Å². The van der Waals surface area contributed by atoms with Gasteiger partial charge in [0, 0.05) is 0 Å². The summed E-state index contributed by atoms with van der Waals surface area (Å²) in [4.78, 5) is 22.0. The van der Waals surface area contributed by atoms with Crippen molar-refractivity contribution in [3.05, 3.63) is 0 Å². The zero-order chi connectivity index (χ0) is 10.1.